The number of nitrogen functional groups attached to an aromatic ring is 1. The number of aliphatic hydroxyl groups is 1. The third kappa shape index (κ3) is 4.45. The quantitative estimate of drug-likeness (QED) is 0.468. The minimum Gasteiger partial charge on any atom is -1.00 e. The van der Waals surface area contributed by atoms with Crippen molar-refractivity contribution in [3.05, 3.63) is 33.7 Å². The fourth-order valence-electron chi connectivity index (χ4n) is 1.77. The Kier molecular flexibility index (Phi) is 8.36. The number of thiazole rings is 1. The van der Waals surface area contributed by atoms with Gasteiger partial charge in [0.25, 0.3) is 0 Å². The van der Waals surface area contributed by atoms with Gasteiger partial charge in [-0.05, 0) is 6.92 Å². The van der Waals surface area contributed by atoms with Crippen LogP contribution in [0.4, 0.5) is 5.82 Å². The molecule has 0 fully saturated rings. The molecule has 0 saturated carbocycles. The van der Waals surface area contributed by atoms with E-state index < -0.39 is 0 Å². The zero-order chi connectivity index (χ0) is 13.1. The van der Waals surface area contributed by atoms with Gasteiger partial charge in [0.05, 0.1) is 10.4 Å². The smallest absolute Gasteiger partial charge is 1.00 e. The Morgan fingerprint density at radius 3 is 2.70 bits per heavy atom. The number of rotatable bonds is 4. The molecule has 0 amide bonds. The fourth-order valence-corrected chi connectivity index (χ4v) is 2.75. The van der Waals surface area contributed by atoms with E-state index in [9.17, 15) is 0 Å². The van der Waals surface area contributed by atoms with Gasteiger partial charge in [0.15, 0.2) is 12.2 Å². The van der Waals surface area contributed by atoms with Crippen molar-refractivity contribution in [3.8, 4) is 0 Å². The van der Waals surface area contributed by atoms with Gasteiger partial charge in [0.2, 0.25) is 5.51 Å². The zero-order valence-electron chi connectivity index (χ0n) is 11.6. The first-order chi connectivity index (χ1) is 8.61. The van der Waals surface area contributed by atoms with Crippen LogP contribution in [0.25, 0.3) is 0 Å². The molecule has 2 rings (SSSR count). The number of aryl methyl sites for hydroxylation is 1. The zero-order valence-corrected chi connectivity index (χ0v) is 16.2. The number of aromatic nitrogens is 3. The molecule has 8 heteroatoms. The first kappa shape index (κ1) is 19.4. The van der Waals surface area contributed by atoms with Crippen LogP contribution in [0, 0.1) is 13.8 Å². The van der Waals surface area contributed by atoms with Crippen LogP contribution in [0.3, 0.4) is 0 Å². The average molecular weight is 366 g/mol. The number of nitrogens with zero attached hydrogens (tertiary/aromatic N) is 3. The van der Waals surface area contributed by atoms with Gasteiger partial charge < -0.3 is 23.2 Å². The van der Waals surface area contributed by atoms with Gasteiger partial charge in [-0.2, -0.15) is 4.57 Å². The standard InChI is InChI=1S/C12H17N4OS.ClH.Zn/c1-8-11(3-4-17)18-7-16(8)6-10-5-14-9(2)15-12(10)13;;/h5,7,17H,3-4,6H2,1-2H3,(H2,13,14,15);1H;/q+1;;+2/p-1. The Hall–Kier alpha value is -0.617. The van der Waals surface area contributed by atoms with Crippen LogP contribution in [-0.2, 0) is 32.4 Å². The van der Waals surface area contributed by atoms with E-state index >= 15 is 0 Å². The summed E-state index contributed by atoms with van der Waals surface area (Å²) in [5.74, 6) is 1.22. The third-order valence-electron chi connectivity index (χ3n) is 2.85. The number of aliphatic hydroxyl groups excluding tert-OH is 1. The predicted octanol–water partition coefficient (Wildman–Crippen LogP) is -2.39. The van der Waals surface area contributed by atoms with Gasteiger partial charge in [-0.25, -0.2) is 9.97 Å². The summed E-state index contributed by atoms with van der Waals surface area (Å²) in [5, 5.41) is 8.98. The van der Waals surface area contributed by atoms with E-state index in [1.54, 1.807) is 17.5 Å². The largest absolute Gasteiger partial charge is 2.00 e. The van der Waals surface area contributed by atoms with Gasteiger partial charge in [-0.3, -0.25) is 0 Å². The maximum absolute atomic E-state index is 8.98. The van der Waals surface area contributed by atoms with Crippen molar-refractivity contribution in [1.82, 2.24) is 9.97 Å². The predicted molar refractivity (Wildman–Crippen MR) is 70.3 cm³/mol. The maximum atomic E-state index is 8.98. The summed E-state index contributed by atoms with van der Waals surface area (Å²) in [5.41, 5.74) is 10.0. The van der Waals surface area contributed by atoms with Crippen LogP contribution in [0.2, 0.25) is 0 Å². The first-order valence-corrected chi connectivity index (χ1v) is 6.65. The molecule has 2 aromatic heterocycles. The number of hydrogen-bond acceptors (Lipinski definition) is 5. The molecule has 104 valence electrons. The third-order valence-corrected chi connectivity index (χ3v) is 4.00. The molecule has 0 atom stereocenters. The maximum Gasteiger partial charge on any atom is 2.00 e. The molecule has 0 bridgehead atoms. The van der Waals surface area contributed by atoms with Crippen molar-refractivity contribution in [2.75, 3.05) is 12.3 Å². The molecule has 0 saturated heterocycles. The molecular formula is C12H17ClN4OSZn+2. The van der Waals surface area contributed by atoms with Crippen molar-refractivity contribution in [2.24, 2.45) is 0 Å². The van der Waals surface area contributed by atoms with Crippen molar-refractivity contribution in [1.29, 1.82) is 0 Å². The van der Waals surface area contributed by atoms with Crippen LogP contribution in [0.15, 0.2) is 11.7 Å². The number of anilines is 1. The second-order valence-corrected chi connectivity index (χ2v) is 5.10. The number of nitrogens with two attached hydrogens (primary N) is 1. The number of halogens is 1. The molecule has 2 aromatic rings. The Morgan fingerprint density at radius 2 is 2.10 bits per heavy atom. The monoisotopic (exact) mass is 364 g/mol. The average Bonchev–Trinajstić information content (AvgIpc) is 2.66. The molecule has 0 aromatic carbocycles. The minimum absolute atomic E-state index is 0. The van der Waals surface area contributed by atoms with Crippen molar-refractivity contribution >= 4 is 17.2 Å². The molecule has 0 unspecified atom stereocenters. The van der Waals surface area contributed by atoms with Gasteiger partial charge in [-0.15, -0.1) is 0 Å². The van der Waals surface area contributed by atoms with E-state index in [2.05, 4.69) is 14.5 Å². The van der Waals surface area contributed by atoms with Crippen molar-refractivity contribution in [3.63, 3.8) is 0 Å². The summed E-state index contributed by atoms with van der Waals surface area (Å²) in [4.78, 5) is 9.53. The molecule has 0 radical (unpaired) electrons. The van der Waals surface area contributed by atoms with E-state index in [4.69, 9.17) is 10.8 Å². The fraction of sp³-hybridized carbons (Fsp3) is 0.417. The van der Waals surface area contributed by atoms with E-state index in [1.807, 2.05) is 19.4 Å². The molecule has 0 aliphatic rings. The number of hydrogen-bond donors (Lipinski definition) is 2. The molecule has 3 N–H and O–H groups in total. The van der Waals surface area contributed by atoms with E-state index in [1.165, 1.54) is 4.88 Å². The molecule has 0 spiro atoms. The first-order valence-electron chi connectivity index (χ1n) is 5.77. The van der Waals surface area contributed by atoms with E-state index in [-0.39, 0.29) is 38.5 Å². The van der Waals surface area contributed by atoms with Crippen LogP contribution >= 0.6 is 11.3 Å². The molecule has 0 aliphatic heterocycles. The molecule has 0 aliphatic carbocycles. The van der Waals surface area contributed by atoms with Crippen LogP contribution < -0.4 is 22.7 Å². The molecule has 5 nitrogen and oxygen atoms in total. The van der Waals surface area contributed by atoms with Crippen LogP contribution in [0.5, 0.6) is 0 Å². The molecular weight excluding hydrogens is 349 g/mol. The summed E-state index contributed by atoms with van der Waals surface area (Å²) >= 11 is 1.65. The van der Waals surface area contributed by atoms with Gasteiger partial charge >= 0.3 is 19.5 Å². The summed E-state index contributed by atoms with van der Waals surface area (Å²) in [7, 11) is 0. The van der Waals surface area contributed by atoms with Crippen LogP contribution in [0.1, 0.15) is 22.0 Å². The second kappa shape index (κ2) is 8.62. The Morgan fingerprint density at radius 1 is 1.40 bits per heavy atom. The normalized spacial score (nSPS) is 9.75. The van der Waals surface area contributed by atoms with Gasteiger partial charge in [0.1, 0.15) is 11.6 Å². The van der Waals surface area contributed by atoms with E-state index in [0.29, 0.717) is 24.6 Å². The Labute approximate surface area is 141 Å². The van der Waals surface area contributed by atoms with Gasteiger partial charge in [-0.1, -0.05) is 11.3 Å². The van der Waals surface area contributed by atoms with Crippen molar-refractivity contribution in [2.45, 2.75) is 26.8 Å². The summed E-state index contributed by atoms with van der Waals surface area (Å²) in [6, 6.07) is 0. The Bertz CT molecular complexity index is 564. The second-order valence-electron chi connectivity index (χ2n) is 4.16. The van der Waals surface area contributed by atoms with Gasteiger partial charge in [0, 0.05) is 26.1 Å². The summed E-state index contributed by atoms with van der Waals surface area (Å²) in [6.07, 6.45) is 2.47. The Balaban J connectivity index is 0.00000180. The van der Waals surface area contributed by atoms with Crippen LogP contribution in [-0.4, -0.2) is 21.7 Å². The summed E-state index contributed by atoms with van der Waals surface area (Å²) < 4.78 is 2.11. The minimum atomic E-state index is 0. The summed E-state index contributed by atoms with van der Waals surface area (Å²) in [6.45, 7) is 4.71. The van der Waals surface area contributed by atoms with E-state index in [0.717, 1.165) is 11.3 Å². The topological polar surface area (TPSA) is 75.9 Å². The SMILES string of the molecule is Cc1ncc(C[n+]2csc(CCO)c2C)c(N)n1.[Cl-].[Zn+2]. The molecule has 2 heterocycles. The van der Waals surface area contributed by atoms with Crippen molar-refractivity contribution < 1.29 is 41.6 Å². The molecule has 20 heavy (non-hydrogen) atoms.